The summed E-state index contributed by atoms with van der Waals surface area (Å²) in [5, 5.41) is 15.7. The van der Waals surface area contributed by atoms with Crippen molar-refractivity contribution in [2.75, 3.05) is 11.9 Å². The molecule has 184 valence electrons. The number of aromatic nitrogens is 2. The molecule has 0 saturated heterocycles. The van der Waals surface area contributed by atoms with Gasteiger partial charge in [0.05, 0.1) is 40.9 Å². The van der Waals surface area contributed by atoms with E-state index >= 15 is 0 Å². The molecule has 2 aromatic rings. The fourth-order valence-electron chi connectivity index (χ4n) is 4.27. The molecule has 3 atom stereocenters. The monoisotopic (exact) mass is 517 g/mol. The van der Waals surface area contributed by atoms with Crippen LogP contribution in [-0.4, -0.2) is 50.9 Å². The van der Waals surface area contributed by atoms with Crippen LogP contribution in [0, 0.1) is 0 Å². The molecular formula is C22H24Cl2F3N5O2. The summed E-state index contributed by atoms with van der Waals surface area (Å²) in [5.41, 5.74) is 1.74. The van der Waals surface area contributed by atoms with Gasteiger partial charge in [0.15, 0.2) is 0 Å². The second kappa shape index (κ2) is 10.1. The molecule has 2 amide bonds. The smallest absolute Gasteiger partial charge is 0.391 e. The molecule has 1 aromatic heterocycles. The lowest BCUT2D eigenvalue weighted by atomic mass is 10.0. The number of hydrogen-bond acceptors (Lipinski definition) is 5. The second-order valence-electron chi connectivity index (χ2n) is 8.64. The van der Waals surface area contributed by atoms with Crippen LogP contribution in [0.5, 0.6) is 0 Å². The van der Waals surface area contributed by atoms with E-state index in [4.69, 9.17) is 23.2 Å². The zero-order valence-electron chi connectivity index (χ0n) is 18.1. The lowest BCUT2D eigenvalue weighted by molar-refractivity contribution is -0.139. The van der Waals surface area contributed by atoms with Gasteiger partial charge in [0.2, 0.25) is 5.95 Å². The van der Waals surface area contributed by atoms with Gasteiger partial charge in [0.1, 0.15) is 0 Å². The number of hydrogen-bond donors (Lipinski definition) is 3. The molecule has 0 radical (unpaired) electrons. The third-order valence-electron chi connectivity index (χ3n) is 6.05. The Kier molecular flexibility index (Phi) is 7.39. The van der Waals surface area contributed by atoms with Gasteiger partial charge in [-0.25, -0.2) is 14.8 Å². The summed E-state index contributed by atoms with van der Waals surface area (Å²) in [6, 6.07) is 2.28. The van der Waals surface area contributed by atoms with Gasteiger partial charge >= 0.3 is 12.2 Å². The van der Waals surface area contributed by atoms with Crippen molar-refractivity contribution in [1.29, 1.82) is 0 Å². The molecule has 12 heteroatoms. The summed E-state index contributed by atoms with van der Waals surface area (Å²) in [6.07, 6.45) is -1.75. The average Bonchev–Trinajstić information content (AvgIpc) is 3.18. The molecule has 3 unspecified atom stereocenters. The Morgan fingerprint density at radius 1 is 1.26 bits per heavy atom. The molecular weight excluding hydrogens is 494 g/mol. The molecule has 4 rings (SSSR count). The van der Waals surface area contributed by atoms with E-state index in [1.54, 1.807) is 6.20 Å². The topological polar surface area (TPSA) is 90.4 Å². The number of benzene rings is 1. The minimum absolute atomic E-state index is 0.0744. The minimum Gasteiger partial charge on any atom is -0.393 e. The molecule has 2 heterocycles. The number of aliphatic hydroxyl groups excluding tert-OH is 1. The van der Waals surface area contributed by atoms with Crippen molar-refractivity contribution in [1.82, 2.24) is 20.2 Å². The number of urea groups is 1. The molecule has 7 nitrogen and oxygen atoms in total. The number of nitrogens with one attached hydrogen (secondary N) is 2. The van der Waals surface area contributed by atoms with Crippen LogP contribution in [0.4, 0.5) is 23.9 Å². The summed E-state index contributed by atoms with van der Waals surface area (Å²) in [4.78, 5) is 23.2. The third kappa shape index (κ3) is 6.22. The summed E-state index contributed by atoms with van der Waals surface area (Å²) < 4.78 is 39.7. The standard InChI is InChI=1S/C22H24Cl2F3N5O2/c23-16-4-1-12(7-17(16)24)18(9-22(25,26)27)31-21(34)32-6-5-13-10-28-20(30-19(13)11-32)29-14-2-3-15(33)8-14/h1,4,7,10,14-15,18,33H,2-3,5-6,8-9,11H2,(H,31,34)(H,28,29,30). The number of aliphatic hydroxyl groups is 1. The van der Waals surface area contributed by atoms with Crippen molar-refractivity contribution < 1.29 is 23.1 Å². The fourth-order valence-corrected chi connectivity index (χ4v) is 4.58. The summed E-state index contributed by atoms with van der Waals surface area (Å²) in [5.74, 6) is 0.408. The molecule has 1 saturated carbocycles. The Hall–Kier alpha value is -2.30. The number of fused-ring (bicyclic) bond motifs is 1. The van der Waals surface area contributed by atoms with Crippen LogP contribution < -0.4 is 10.6 Å². The number of alkyl halides is 3. The van der Waals surface area contributed by atoms with Crippen molar-refractivity contribution in [3.05, 3.63) is 51.3 Å². The van der Waals surface area contributed by atoms with E-state index < -0.39 is 24.7 Å². The van der Waals surface area contributed by atoms with Gasteiger partial charge in [-0.1, -0.05) is 29.3 Å². The third-order valence-corrected chi connectivity index (χ3v) is 6.79. The molecule has 34 heavy (non-hydrogen) atoms. The Morgan fingerprint density at radius 2 is 2.06 bits per heavy atom. The Bertz CT molecular complexity index is 1060. The normalized spacial score (nSPS) is 21.2. The first-order chi connectivity index (χ1) is 16.1. The first-order valence-corrected chi connectivity index (χ1v) is 11.7. The van der Waals surface area contributed by atoms with E-state index in [-0.39, 0.29) is 34.3 Å². The summed E-state index contributed by atoms with van der Waals surface area (Å²) >= 11 is 11.9. The largest absolute Gasteiger partial charge is 0.393 e. The van der Waals surface area contributed by atoms with Gasteiger partial charge in [0.25, 0.3) is 0 Å². The number of carbonyl (C=O) groups is 1. The zero-order valence-corrected chi connectivity index (χ0v) is 19.6. The highest BCUT2D eigenvalue weighted by Crippen LogP contribution is 2.33. The highest BCUT2D eigenvalue weighted by molar-refractivity contribution is 6.42. The fraction of sp³-hybridized carbons (Fsp3) is 0.500. The summed E-state index contributed by atoms with van der Waals surface area (Å²) in [6.45, 7) is 0.468. The molecule has 0 bridgehead atoms. The lowest BCUT2D eigenvalue weighted by Gasteiger charge is -2.31. The van der Waals surface area contributed by atoms with Crippen LogP contribution in [0.15, 0.2) is 24.4 Å². The molecule has 1 aliphatic heterocycles. The van der Waals surface area contributed by atoms with E-state index in [1.165, 1.54) is 23.1 Å². The van der Waals surface area contributed by atoms with E-state index in [1.807, 2.05) is 0 Å². The van der Waals surface area contributed by atoms with Gasteiger partial charge in [-0.15, -0.1) is 0 Å². The van der Waals surface area contributed by atoms with Crippen LogP contribution in [0.2, 0.25) is 10.0 Å². The highest BCUT2D eigenvalue weighted by Gasteiger charge is 2.35. The minimum atomic E-state index is -4.50. The van der Waals surface area contributed by atoms with Crippen molar-refractivity contribution in [3.8, 4) is 0 Å². The quantitative estimate of drug-likeness (QED) is 0.526. The molecule has 3 N–H and O–H groups in total. The predicted octanol–water partition coefficient (Wildman–Crippen LogP) is 4.87. The number of rotatable bonds is 5. The van der Waals surface area contributed by atoms with Gasteiger partial charge < -0.3 is 20.6 Å². The number of carbonyl (C=O) groups excluding carboxylic acids is 1. The first kappa shape index (κ1) is 24.8. The first-order valence-electron chi connectivity index (χ1n) is 10.9. The van der Waals surface area contributed by atoms with E-state index in [2.05, 4.69) is 20.6 Å². The Balaban J connectivity index is 1.46. The van der Waals surface area contributed by atoms with E-state index in [0.717, 1.165) is 12.0 Å². The molecule has 2 aliphatic rings. The average molecular weight is 518 g/mol. The van der Waals surface area contributed by atoms with Gasteiger partial charge in [-0.3, -0.25) is 0 Å². The number of anilines is 1. The van der Waals surface area contributed by atoms with E-state index in [0.29, 0.717) is 37.4 Å². The van der Waals surface area contributed by atoms with Crippen molar-refractivity contribution in [2.45, 2.75) is 63.0 Å². The highest BCUT2D eigenvalue weighted by atomic mass is 35.5. The zero-order chi connectivity index (χ0) is 24.5. The Morgan fingerprint density at radius 3 is 2.74 bits per heavy atom. The van der Waals surface area contributed by atoms with Gasteiger partial charge in [0, 0.05) is 18.8 Å². The second-order valence-corrected chi connectivity index (χ2v) is 9.45. The molecule has 1 aromatic carbocycles. The van der Waals surface area contributed by atoms with Crippen LogP contribution in [0.3, 0.4) is 0 Å². The van der Waals surface area contributed by atoms with E-state index in [9.17, 15) is 23.1 Å². The Labute approximate surface area is 204 Å². The molecule has 0 spiro atoms. The maximum atomic E-state index is 13.2. The van der Waals surface area contributed by atoms with Crippen LogP contribution in [-0.2, 0) is 13.0 Å². The van der Waals surface area contributed by atoms with Crippen molar-refractivity contribution in [2.24, 2.45) is 0 Å². The maximum absolute atomic E-state index is 13.2. The lowest BCUT2D eigenvalue weighted by Crippen LogP contribution is -2.45. The maximum Gasteiger partial charge on any atom is 0.391 e. The van der Waals surface area contributed by atoms with Crippen molar-refractivity contribution >= 4 is 35.2 Å². The molecule has 1 fully saturated rings. The van der Waals surface area contributed by atoms with Crippen LogP contribution >= 0.6 is 23.2 Å². The van der Waals surface area contributed by atoms with Gasteiger partial charge in [-0.2, -0.15) is 13.2 Å². The van der Waals surface area contributed by atoms with Crippen LogP contribution in [0.25, 0.3) is 0 Å². The van der Waals surface area contributed by atoms with Gasteiger partial charge in [-0.05, 0) is 48.9 Å². The van der Waals surface area contributed by atoms with Crippen molar-refractivity contribution in [3.63, 3.8) is 0 Å². The molecule has 1 aliphatic carbocycles. The number of amides is 2. The van der Waals surface area contributed by atoms with Crippen LogP contribution in [0.1, 0.15) is 48.5 Å². The number of nitrogens with zero attached hydrogens (tertiary/aromatic N) is 3. The predicted molar refractivity (Wildman–Crippen MR) is 122 cm³/mol. The SMILES string of the molecule is O=C(NC(CC(F)(F)F)c1ccc(Cl)c(Cl)c1)N1CCc2cnc(NC3CCC(O)C3)nc2C1. The summed E-state index contributed by atoms with van der Waals surface area (Å²) in [7, 11) is 0. The number of halogens is 5.